The van der Waals surface area contributed by atoms with Gasteiger partial charge in [-0.1, -0.05) is 26.0 Å². The summed E-state index contributed by atoms with van der Waals surface area (Å²) in [5, 5.41) is 9.18. The zero-order valence-corrected chi connectivity index (χ0v) is 7.41. The van der Waals surface area contributed by atoms with E-state index in [2.05, 4.69) is 0 Å². The first kappa shape index (κ1) is 9.07. The molecule has 0 saturated carbocycles. The molecule has 0 fully saturated rings. The van der Waals surface area contributed by atoms with Crippen molar-refractivity contribution in [2.24, 2.45) is 5.73 Å². The van der Waals surface area contributed by atoms with Crippen molar-refractivity contribution in [1.29, 1.82) is 0 Å². The van der Waals surface area contributed by atoms with Crippen molar-refractivity contribution < 1.29 is 5.11 Å². The van der Waals surface area contributed by atoms with Gasteiger partial charge < -0.3 is 10.8 Å². The fourth-order valence-electron chi connectivity index (χ4n) is 1.05. The van der Waals surface area contributed by atoms with E-state index in [1.54, 1.807) is 18.2 Å². The van der Waals surface area contributed by atoms with Crippen molar-refractivity contribution in [2.75, 3.05) is 0 Å². The van der Waals surface area contributed by atoms with Crippen LogP contribution in [0.2, 0.25) is 0 Å². The largest absolute Gasteiger partial charge is 0.508 e. The minimum absolute atomic E-state index is 0.0721. The predicted molar refractivity (Wildman–Crippen MR) is 49.6 cm³/mol. The molecule has 0 spiro atoms. The molecular weight excluding hydrogens is 150 g/mol. The van der Waals surface area contributed by atoms with Gasteiger partial charge in [0.05, 0.1) is 0 Å². The summed E-state index contributed by atoms with van der Waals surface area (Å²) >= 11 is 0. The molecule has 0 aliphatic rings. The van der Waals surface area contributed by atoms with Gasteiger partial charge in [0, 0.05) is 6.04 Å². The Hall–Kier alpha value is -1.02. The van der Waals surface area contributed by atoms with Crippen molar-refractivity contribution in [3.05, 3.63) is 35.7 Å². The highest BCUT2D eigenvalue weighted by atomic mass is 16.3. The topological polar surface area (TPSA) is 46.2 Å². The summed E-state index contributed by atoms with van der Waals surface area (Å²) in [4.78, 5) is 0. The van der Waals surface area contributed by atoms with Crippen molar-refractivity contribution in [3.8, 4) is 5.75 Å². The Bertz CT molecular complexity index is 258. The van der Waals surface area contributed by atoms with Crippen molar-refractivity contribution in [2.45, 2.75) is 19.9 Å². The Balaban J connectivity index is 2.88. The van der Waals surface area contributed by atoms with Crippen molar-refractivity contribution >= 4 is 0 Å². The van der Waals surface area contributed by atoms with Gasteiger partial charge in [-0.25, -0.2) is 0 Å². The highest BCUT2D eigenvalue weighted by molar-refractivity contribution is 5.31. The number of phenols is 1. The molecule has 1 unspecified atom stereocenters. The second kappa shape index (κ2) is 3.59. The van der Waals surface area contributed by atoms with Gasteiger partial charge >= 0.3 is 0 Å². The van der Waals surface area contributed by atoms with Crippen LogP contribution in [0.15, 0.2) is 24.3 Å². The molecule has 0 heterocycles. The summed E-state index contributed by atoms with van der Waals surface area (Å²) in [6.07, 6.45) is 0. The molecule has 3 N–H and O–H groups in total. The summed E-state index contributed by atoms with van der Waals surface area (Å²) in [7, 11) is 0. The third-order valence-electron chi connectivity index (χ3n) is 1.85. The lowest BCUT2D eigenvalue weighted by Crippen LogP contribution is -2.14. The molecule has 1 atom stereocenters. The average molecular weight is 164 g/mol. The lowest BCUT2D eigenvalue weighted by molar-refractivity contribution is 0.474. The molecule has 0 amide bonds. The average Bonchev–Trinajstić information content (AvgIpc) is 2.03. The number of phenolic OH excluding ortho intramolecular Hbond substituents is 1. The summed E-state index contributed by atoms with van der Waals surface area (Å²) in [6.45, 7) is 3.96. The lowest BCUT2D eigenvalue weighted by atomic mass is 9.97. The van der Waals surface area contributed by atoms with Gasteiger partial charge in [0.2, 0.25) is 0 Å². The molecule has 0 bridgehead atoms. The van der Waals surface area contributed by atoms with Crippen LogP contribution in [0.25, 0.3) is 0 Å². The van der Waals surface area contributed by atoms with Crippen LogP contribution < -0.4 is 5.73 Å². The summed E-state index contributed by atoms with van der Waals surface area (Å²) < 4.78 is 0. The summed E-state index contributed by atoms with van der Waals surface area (Å²) in [6, 6.07) is 6.97. The monoisotopic (exact) mass is 164 g/mol. The molecule has 65 valence electrons. The second-order valence-corrected chi connectivity index (χ2v) is 3.15. The quantitative estimate of drug-likeness (QED) is 0.702. The van der Waals surface area contributed by atoms with Gasteiger partial charge in [0.15, 0.2) is 0 Å². The molecule has 0 saturated heterocycles. The Kier molecular flexibility index (Phi) is 2.71. The van der Waals surface area contributed by atoms with E-state index in [1.807, 2.05) is 19.9 Å². The fourth-order valence-corrected chi connectivity index (χ4v) is 1.05. The number of rotatable bonds is 2. The van der Waals surface area contributed by atoms with Gasteiger partial charge in [-0.05, 0) is 23.6 Å². The number of benzene rings is 1. The van der Waals surface area contributed by atoms with Crippen molar-refractivity contribution in [3.63, 3.8) is 0 Å². The first-order valence-electron chi connectivity index (χ1n) is 3.96. The van der Waals surface area contributed by atoms with Gasteiger partial charge in [0.25, 0.3) is 0 Å². The van der Waals surface area contributed by atoms with E-state index >= 15 is 0 Å². The molecule has 1 aromatic rings. The lowest BCUT2D eigenvalue weighted by Gasteiger charge is -2.15. The standard InChI is InChI=1S/C10H14NO/c1-7(2)10(11)8-4-3-5-9(12)6-8/h3-6,10,12H,11H2,1-2H3. The van der Waals surface area contributed by atoms with E-state index in [0.717, 1.165) is 11.5 Å². The molecule has 2 heteroatoms. The molecule has 2 nitrogen and oxygen atoms in total. The van der Waals surface area contributed by atoms with Gasteiger partial charge in [-0.2, -0.15) is 0 Å². The molecule has 0 aliphatic heterocycles. The molecule has 0 aliphatic carbocycles. The van der Waals surface area contributed by atoms with Crippen LogP contribution in [0.1, 0.15) is 25.5 Å². The minimum atomic E-state index is -0.0721. The highest BCUT2D eigenvalue weighted by Gasteiger charge is 2.10. The normalized spacial score (nSPS) is 13.3. The maximum Gasteiger partial charge on any atom is 0.115 e. The van der Waals surface area contributed by atoms with Crippen LogP contribution in [0, 0.1) is 5.92 Å². The Morgan fingerprint density at radius 2 is 2.08 bits per heavy atom. The highest BCUT2D eigenvalue weighted by Crippen LogP contribution is 2.22. The van der Waals surface area contributed by atoms with E-state index in [0.29, 0.717) is 0 Å². The van der Waals surface area contributed by atoms with E-state index in [4.69, 9.17) is 5.73 Å². The van der Waals surface area contributed by atoms with Gasteiger partial charge in [-0.3, -0.25) is 0 Å². The van der Waals surface area contributed by atoms with Crippen molar-refractivity contribution in [1.82, 2.24) is 0 Å². The van der Waals surface area contributed by atoms with Gasteiger partial charge in [-0.15, -0.1) is 0 Å². The van der Waals surface area contributed by atoms with E-state index in [-0.39, 0.29) is 11.8 Å². The van der Waals surface area contributed by atoms with E-state index in [1.165, 1.54) is 0 Å². The smallest absolute Gasteiger partial charge is 0.115 e. The summed E-state index contributed by atoms with van der Waals surface area (Å²) in [5.41, 5.74) is 6.81. The maximum atomic E-state index is 9.18. The third kappa shape index (κ3) is 1.98. The Morgan fingerprint density at radius 3 is 2.58 bits per heavy atom. The molecule has 0 aromatic heterocycles. The Morgan fingerprint density at radius 1 is 1.42 bits per heavy atom. The van der Waals surface area contributed by atoms with Crippen LogP contribution >= 0.6 is 0 Å². The molecule has 1 rings (SSSR count). The number of aromatic hydroxyl groups is 1. The van der Waals surface area contributed by atoms with Crippen LogP contribution in [-0.4, -0.2) is 5.11 Å². The van der Waals surface area contributed by atoms with E-state index < -0.39 is 0 Å². The Labute approximate surface area is 73.0 Å². The van der Waals surface area contributed by atoms with Gasteiger partial charge in [0.1, 0.15) is 5.75 Å². The maximum absolute atomic E-state index is 9.18. The zero-order valence-electron chi connectivity index (χ0n) is 7.41. The molecule has 12 heavy (non-hydrogen) atoms. The number of nitrogens with two attached hydrogens (primary N) is 1. The van der Waals surface area contributed by atoms with Crippen LogP contribution in [0.4, 0.5) is 0 Å². The van der Waals surface area contributed by atoms with Crippen LogP contribution in [0.5, 0.6) is 5.75 Å². The van der Waals surface area contributed by atoms with Crippen LogP contribution in [0.3, 0.4) is 0 Å². The number of hydrogen-bond donors (Lipinski definition) is 2. The SMILES string of the molecule is C[C](C)C(N)c1cccc(O)c1. The molecular formula is C10H14NO. The number of hydrogen-bond acceptors (Lipinski definition) is 2. The molecule has 1 aromatic carbocycles. The summed E-state index contributed by atoms with van der Waals surface area (Å²) in [5.74, 6) is 1.41. The zero-order chi connectivity index (χ0) is 9.14. The second-order valence-electron chi connectivity index (χ2n) is 3.15. The predicted octanol–water partition coefficient (Wildman–Crippen LogP) is 2.01. The first-order valence-corrected chi connectivity index (χ1v) is 3.96. The fraction of sp³-hybridized carbons (Fsp3) is 0.300. The van der Waals surface area contributed by atoms with E-state index in [9.17, 15) is 5.11 Å². The third-order valence-corrected chi connectivity index (χ3v) is 1.85. The first-order chi connectivity index (χ1) is 5.61. The molecule has 1 radical (unpaired) electrons. The minimum Gasteiger partial charge on any atom is -0.508 e. The van der Waals surface area contributed by atoms with Crippen LogP contribution in [-0.2, 0) is 0 Å².